The smallest absolute Gasteiger partial charge is 0.244 e. The van der Waals surface area contributed by atoms with Crippen molar-refractivity contribution in [2.75, 3.05) is 7.11 Å². The number of rotatable bonds is 5. The maximum Gasteiger partial charge on any atom is 0.244 e. The fourth-order valence-electron chi connectivity index (χ4n) is 1.89. The molecule has 21 heavy (non-hydrogen) atoms. The van der Waals surface area contributed by atoms with E-state index < -0.39 is 10.0 Å². The summed E-state index contributed by atoms with van der Waals surface area (Å²) in [5, 5.41) is 0.524. The fourth-order valence-corrected chi connectivity index (χ4v) is 3.35. The number of sulfonamides is 1. The van der Waals surface area contributed by atoms with E-state index in [-0.39, 0.29) is 11.4 Å². The van der Waals surface area contributed by atoms with Gasteiger partial charge in [-0.2, -0.15) is 0 Å². The van der Waals surface area contributed by atoms with Crippen molar-refractivity contribution in [2.45, 2.75) is 18.4 Å². The molecule has 112 valence electrons. The molecule has 0 atom stereocenters. The Hall–Kier alpha value is -1.56. The van der Waals surface area contributed by atoms with Crippen molar-refractivity contribution < 1.29 is 13.2 Å². The number of halogens is 1. The minimum atomic E-state index is -3.67. The SMILES string of the molecule is COc1ccc(C)cc1S(=O)(=O)NCc1ccccc1Cl. The molecule has 0 aliphatic rings. The van der Waals surface area contributed by atoms with Crippen LogP contribution in [0.4, 0.5) is 0 Å². The van der Waals surface area contributed by atoms with E-state index in [0.29, 0.717) is 10.8 Å². The summed E-state index contributed by atoms with van der Waals surface area (Å²) in [7, 11) is -2.23. The lowest BCUT2D eigenvalue weighted by Gasteiger charge is -2.12. The molecule has 0 bridgehead atoms. The zero-order valence-corrected chi connectivity index (χ0v) is 13.3. The number of nitrogens with one attached hydrogen (secondary N) is 1. The zero-order valence-electron chi connectivity index (χ0n) is 11.8. The summed E-state index contributed by atoms with van der Waals surface area (Å²) in [5.41, 5.74) is 1.56. The topological polar surface area (TPSA) is 55.4 Å². The van der Waals surface area contributed by atoms with Gasteiger partial charge in [-0.05, 0) is 36.2 Å². The number of hydrogen-bond donors (Lipinski definition) is 1. The van der Waals surface area contributed by atoms with E-state index in [4.69, 9.17) is 16.3 Å². The van der Waals surface area contributed by atoms with Gasteiger partial charge in [-0.15, -0.1) is 0 Å². The Morgan fingerprint density at radius 1 is 1.19 bits per heavy atom. The van der Waals surface area contributed by atoms with Crippen LogP contribution in [-0.4, -0.2) is 15.5 Å². The van der Waals surface area contributed by atoms with E-state index in [9.17, 15) is 8.42 Å². The van der Waals surface area contributed by atoms with Gasteiger partial charge in [0.15, 0.2) is 0 Å². The summed E-state index contributed by atoms with van der Waals surface area (Å²) in [5.74, 6) is 0.312. The van der Waals surface area contributed by atoms with Crippen molar-refractivity contribution in [1.82, 2.24) is 4.72 Å². The van der Waals surface area contributed by atoms with Crippen LogP contribution in [0.15, 0.2) is 47.4 Å². The third-order valence-corrected chi connectivity index (χ3v) is 4.81. The predicted molar refractivity (Wildman–Crippen MR) is 83.2 cm³/mol. The second-order valence-corrected chi connectivity index (χ2v) is 6.71. The average molecular weight is 326 g/mol. The number of ether oxygens (including phenoxy) is 1. The number of benzene rings is 2. The zero-order chi connectivity index (χ0) is 15.5. The largest absolute Gasteiger partial charge is 0.495 e. The molecule has 0 unspecified atom stereocenters. The van der Waals surface area contributed by atoms with Crippen molar-refractivity contribution in [2.24, 2.45) is 0 Å². The summed E-state index contributed by atoms with van der Waals surface area (Å²) in [6.07, 6.45) is 0. The van der Waals surface area contributed by atoms with Crippen LogP contribution >= 0.6 is 11.6 Å². The van der Waals surface area contributed by atoms with Gasteiger partial charge in [0.2, 0.25) is 10.0 Å². The lowest BCUT2D eigenvalue weighted by Crippen LogP contribution is -2.24. The average Bonchev–Trinajstić information content (AvgIpc) is 2.46. The van der Waals surface area contributed by atoms with Gasteiger partial charge in [-0.1, -0.05) is 35.9 Å². The van der Waals surface area contributed by atoms with Crippen molar-refractivity contribution in [3.63, 3.8) is 0 Å². The van der Waals surface area contributed by atoms with Gasteiger partial charge < -0.3 is 4.74 Å². The molecule has 2 aromatic rings. The molecule has 0 amide bonds. The van der Waals surface area contributed by atoms with Crippen molar-refractivity contribution in [3.05, 3.63) is 58.6 Å². The molecule has 0 spiro atoms. The molecule has 2 aromatic carbocycles. The molecule has 0 saturated carbocycles. The van der Waals surface area contributed by atoms with Gasteiger partial charge in [0.05, 0.1) is 7.11 Å². The van der Waals surface area contributed by atoms with E-state index in [1.165, 1.54) is 7.11 Å². The van der Waals surface area contributed by atoms with E-state index in [0.717, 1.165) is 11.1 Å². The Labute approximate surface area is 129 Å². The maximum atomic E-state index is 12.4. The van der Waals surface area contributed by atoms with Gasteiger partial charge in [0.25, 0.3) is 0 Å². The summed E-state index contributed by atoms with van der Waals surface area (Å²) in [4.78, 5) is 0.122. The van der Waals surface area contributed by atoms with Crippen LogP contribution in [0.3, 0.4) is 0 Å². The minimum absolute atomic E-state index is 0.122. The molecule has 0 fully saturated rings. The first-order valence-corrected chi connectivity index (χ1v) is 8.18. The molecule has 0 aromatic heterocycles. The highest BCUT2D eigenvalue weighted by atomic mass is 35.5. The van der Waals surface area contributed by atoms with Crippen molar-refractivity contribution in [1.29, 1.82) is 0 Å². The molecule has 0 saturated heterocycles. The Kier molecular flexibility index (Phi) is 4.88. The van der Waals surface area contributed by atoms with E-state index in [2.05, 4.69) is 4.72 Å². The highest BCUT2D eigenvalue weighted by molar-refractivity contribution is 7.89. The quantitative estimate of drug-likeness (QED) is 0.918. The van der Waals surface area contributed by atoms with Crippen LogP contribution in [0.25, 0.3) is 0 Å². The molecule has 4 nitrogen and oxygen atoms in total. The van der Waals surface area contributed by atoms with Crippen molar-refractivity contribution in [3.8, 4) is 5.75 Å². The molecule has 0 aliphatic heterocycles. The van der Waals surface area contributed by atoms with Crippen LogP contribution < -0.4 is 9.46 Å². The van der Waals surface area contributed by atoms with Crippen LogP contribution in [0.1, 0.15) is 11.1 Å². The van der Waals surface area contributed by atoms with Gasteiger partial charge in [0.1, 0.15) is 10.6 Å². The Bertz CT molecular complexity index is 744. The Balaban J connectivity index is 2.27. The van der Waals surface area contributed by atoms with Gasteiger partial charge in [0, 0.05) is 11.6 Å². The fraction of sp³-hybridized carbons (Fsp3) is 0.200. The second-order valence-electron chi connectivity index (χ2n) is 4.57. The minimum Gasteiger partial charge on any atom is -0.495 e. The second kappa shape index (κ2) is 6.47. The lowest BCUT2D eigenvalue weighted by atomic mass is 10.2. The van der Waals surface area contributed by atoms with Gasteiger partial charge >= 0.3 is 0 Å². The predicted octanol–water partition coefficient (Wildman–Crippen LogP) is 3.14. The van der Waals surface area contributed by atoms with Crippen LogP contribution in [0, 0.1) is 6.92 Å². The van der Waals surface area contributed by atoms with E-state index in [1.54, 1.807) is 36.4 Å². The maximum absolute atomic E-state index is 12.4. The first kappa shape index (κ1) is 15.8. The highest BCUT2D eigenvalue weighted by Gasteiger charge is 2.19. The summed E-state index contributed by atoms with van der Waals surface area (Å²) < 4.78 is 32.5. The number of methoxy groups -OCH3 is 1. The van der Waals surface area contributed by atoms with Crippen molar-refractivity contribution >= 4 is 21.6 Å². The van der Waals surface area contributed by atoms with Crippen LogP contribution in [-0.2, 0) is 16.6 Å². The van der Waals surface area contributed by atoms with Gasteiger partial charge in [-0.25, -0.2) is 13.1 Å². The monoisotopic (exact) mass is 325 g/mol. The molecular weight excluding hydrogens is 310 g/mol. The standard InChI is InChI=1S/C15H16ClNO3S/c1-11-7-8-14(20-2)15(9-11)21(18,19)17-10-12-5-3-4-6-13(12)16/h3-9,17H,10H2,1-2H3. The first-order valence-electron chi connectivity index (χ1n) is 6.32. The van der Waals surface area contributed by atoms with E-state index in [1.807, 2.05) is 13.0 Å². The summed E-state index contributed by atoms with van der Waals surface area (Å²) >= 11 is 6.02. The Morgan fingerprint density at radius 3 is 2.57 bits per heavy atom. The number of aryl methyl sites for hydroxylation is 1. The number of hydrogen-bond acceptors (Lipinski definition) is 3. The van der Waals surface area contributed by atoms with Gasteiger partial charge in [-0.3, -0.25) is 0 Å². The molecule has 1 N–H and O–H groups in total. The first-order chi connectivity index (χ1) is 9.94. The normalized spacial score (nSPS) is 11.4. The Morgan fingerprint density at radius 2 is 1.90 bits per heavy atom. The molecule has 0 radical (unpaired) electrons. The third kappa shape index (κ3) is 3.75. The van der Waals surface area contributed by atoms with Crippen LogP contribution in [0.5, 0.6) is 5.75 Å². The highest BCUT2D eigenvalue weighted by Crippen LogP contribution is 2.25. The van der Waals surface area contributed by atoms with Crippen LogP contribution in [0.2, 0.25) is 5.02 Å². The molecule has 0 aliphatic carbocycles. The lowest BCUT2D eigenvalue weighted by molar-refractivity contribution is 0.402. The summed E-state index contributed by atoms with van der Waals surface area (Å²) in [6.45, 7) is 1.95. The molecule has 2 rings (SSSR count). The molecule has 6 heteroatoms. The molecular formula is C15H16ClNO3S. The summed E-state index contributed by atoms with van der Waals surface area (Å²) in [6, 6.07) is 12.1. The molecule has 0 heterocycles. The third-order valence-electron chi connectivity index (χ3n) is 3.02. The van der Waals surface area contributed by atoms with E-state index >= 15 is 0 Å².